The number of rotatable bonds is 6. The van der Waals surface area contributed by atoms with E-state index in [0.717, 1.165) is 49.1 Å². The third-order valence-electron chi connectivity index (χ3n) is 4.23. The number of hydrazone groups is 1. The van der Waals surface area contributed by atoms with Gasteiger partial charge in [-0.1, -0.05) is 23.7 Å². The van der Waals surface area contributed by atoms with Crippen LogP contribution in [-0.4, -0.2) is 48.9 Å². The van der Waals surface area contributed by atoms with Crippen LogP contribution in [0.3, 0.4) is 0 Å². The summed E-state index contributed by atoms with van der Waals surface area (Å²) < 4.78 is 5.45. The standard InChI is InChI=1S/C20H24ClN3O/c1-2-25-20-9-5-17(6-10-20)15-22-24-13-11-23(12-14-24)16-18-3-7-19(21)8-4-18/h3-10,15H,2,11-14,16H2,1H3/b22-15+. The minimum Gasteiger partial charge on any atom is -0.494 e. The largest absolute Gasteiger partial charge is 0.494 e. The van der Waals surface area contributed by atoms with E-state index in [1.54, 1.807) is 0 Å². The van der Waals surface area contributed by atoms with Crippen LogP contribution in [0.15, 0.2) is 53.6 Å². The summed E-state index contributed by atoms with van der Waals surface area (Å²) in [6, 6.07) is 16.1. The van der Waals surface area contributed by atoms with Crippen LogP contribution in [0.5, 0.6) is 5.75 Å². The van der Waals surface area contributed by atoms with Crippen molar-refractivity contribution in [2.45, 2.75) is 13.5 Å². The average Bonchev–Trinajstić information content (AvgIpc) is 2.64. The predicted octanol–water partition coefficient (Wildman–Crippen LogP) is 3.89. The van der Waals surface area contributed by atoms with Crippen molar-refractivity contribution < 1.29 is 4.74 Å². The lowest BCUT2D eigenvalue weighted by Gasteiger charge is -2.33. The molecular weight excluding hydrogens is 334 g/mol. The maximum atomic E-state index is 5.94. The Morgan fingerprint density at radius 2 is 1.68 bits per heavy atom. The first kappa shape index (κ1) is 17.8. The topological polar surface area (TPSA) is 28.1 Å². The first-order valence-corrected chi connectivity index (χ1v) is 9.09. The number of hydrogen-bond acceptors (Lipinski definition) is 4. The Morgan fingerprint density at radius 1 is 1.00 bits per heavy atom. The highest BCUT2D eigenvalue weighted by atomic mass is 35.5. The van der Waals surface area contributed by atoms with Crippen molar-refractivity contribution in [3.8, 4) is 5.75 Å². The molecule has 2 aromatic carbocycles. The van der Waals surface area contributed by atoms with Crippen LogP contribution in [0.25, 0.3) is 0 Å². The lowest BCUT2D eigenvalue weighted by Crippen LogP contribution is -2.43. The molecule has 1 heterocycles. The normalized spacial score (nSPS) is 15.7. The monoisotopic (exact) mass is 357 g/mol. The molecular formula is C20H24ClN3O. The third kappa shape index (κ3) is 5.48. The molecule has 0 unspecified atom stereocenters. The van der Waals surface area contributed by atoms with Crippen molar-refractivity contribution in [1.82, 2.24) is 9.91 Å². The van der Waals surface area contributed by atoms with Gasteiger partial charge in [0.15, 0.2) is 0 Å². The first-order valence-electron chi connectivity index (χ1n) is 8.71. The molecule has 0 aromatic heterocycles. The second kappa shape index (κ2) is 8.88. The molecule has 2 aromatic rings. The van der Waals surface area contributed by atoms with Gasteiger partial charge < -0.3 is 4.74 Å². The molecule has 1 saturated heterocycles. The summed E-state index contributed by atoms with van der Waals surface area (Å²) in [4.78, 5) is 2.45. The smallest absolute Gasteiger partial charge is 0.119 e. The van der Waals surface area contributed by atoms with Crippen molar-refractivity contribution in [3.05, 3.63) is 64.7 Å². The maximum Gasteiger partial charge on any atom is 0.119 e. The van der Waals surface area contributed by atoms with Crippen LogP contribution in [0, 0.1) is 0 Å². The summed E-state index contributed by atoms with van der Waals surface area (Å²) >= 11 is 5.94. The molecule has 5 heteroatoms. The molecule has 0 N–H and O–H groups in total. The van der Waals surface area contributed by atoms with Gasteiger partial charge in [-0.15, -0.1) is 0 Å². The van der Waals surface area contributed by atoms with E-state index in [0.29, 0.717) is 6.61 Å². The minimum absolute atomic E-state index is 0.688. The van der Waals surface area contributed by atoms with Crippen LogP contribution < -0.4 is 4.74 Å². The van der Waals surface area contributed by atoms with E-state index in [4.69, 9.17) is 16.3 Å². The SMILES string of the molecule is CCOc1ccc(/C=N/N2CCN(Cc3ccc(Cl)cc3)CC2)cc1. The molecule has 4 nitrogen and oxygen atoms in total. The highest BCUT2D eigenvalue weighted by molar-refractivity contribution is 6.30. The van der Waals surface area contributed by atoms with Gasteiger partial charge in [-0.25, -0.2) is 0 Å². The Morgan fingerprint density at radius 3 is 2.32 bits per heavy atom. The molecule has 1 aliphatic rings. The number of benzene rings is 2. The number of nitrogens with zero attached hydrogens (tertiary/aromatic N) is 3. The van der Waals surface area contributed by atoms with E-state index in [2.05, 4.69) is 27.1 Å². The van der Waals surface area contributed by atoms with Crippen LogP contribution in [0.2, 0.25) is 5.02 Å². The molecule has 0 saturated carbocycles. The Labute approximate surface area is 154 Å². The van der Waals surface area contributed by atoms with E-state index in [-0.39, 0.29) is 0 Å². The van der Waals surface area contributed by atoms with Crippen molar-refractivity contribution in [2.75, 3.05) is 32.8 Å². The van der Waals surface area contributed by atoms with Crippen LogP contribution in [0.1, 0.15) is 18.1 Å². The summed E-state index contributed by atoms with van der Waals surface area (Å²) in [6.45, 7) is 7.57. The van der Waals surface area contributed by atoms with E-state index >= 15 is 0 Å². The average molecular weight is 358 g/mol. The zero-order valence-corrected chi connectivity index (χ0v) is 15.3. The molecule has 0 atom stereocenters. The minimum atomic E-state index is 0.688. The van der Waals surface area contributed by atoms with Gasteiger partial charge in [0.1, 0.15) is 5.75 Å². The fraction of sp³-hybridized carbons (Fsp3) is 0.350. The molecule has 132 valence electrons. The van der Waals surface area contributed by atoms with Crippen molar-refractivity contribution in [3.63, 3.8) is 0 Å². The quantitative estimate of drug-likeness (QED) is 0.734. The maximum absolute atomic E-state index is 5.94. The fourth-order valence-corrected chi connectivity index (χ4v) is 2.95. The second-order valence-electron chi connectivity index (χ2n) is 6.10. The van der Waals surface area contributed by atoms with E-state index in [9.17, 15) is 0 Å². The zero-order valence-electron chi connectivity index (χ0n) is 14.6. The Bertz CT molecular complexity index is 677. The van der Waals surface area contributed by atoms with Crippen LogP contribution in [0.4, 0.5) is 0 Å². The Hall–Kier alpha value is -2.04. The molecule has 0 spiro atoms. The zero-order chi connectivity index (χ0) is 17.5. The predicted molar refractivity (Wildman–Crippen MR) is 104 cm³/mol. The van der Waals surface area contributed by atoms with Gasteiger partial charge in [0.05, 0.1) is 12.8 Å². The lowest BCUT2D eigenvalue weighted by molar-refractivity contribution is 0.131. The Kier molecular flexibility index (Phi) is 6.31. The molecule has 25 heavy (non-hydrogen) atoms. The van der Waals surface area contributed by atoms with Crippen molar-refractivity contribution >= 4 is 17.8 Å². The summed E-state index contributed by atoms with van der Waals surface area (Å²) in [6.07, 6.45) is 1.92. The number of piperazine rings is 1. The molecule has 0 amide bonds. The van der Waals surface area contributed by atoms with Crippen molar-refractivity contribution in [1.29, 1.82) is 0 Å². The highest BCUT2D eigenvalue weighted by Gasteiger charge is 2.15. The summed E-state index contributed by atoms with van der Waals surface area (Å²) in [7, 11) is 0. The van der Waals surface area contributed by atoms with E-state index in [1.165, 1.54) is 5.56 Å². The second-order valence-corrected chi connectivity index (χ2v) is 6.54. The molecule has 0 aliphatic carbocycles. The molecule has 0 radical (unpaired) electrons. The van der Waals surface area contributed by atoms with Gasteiger partial charge in [0, 0.05) is 37.7 Å². The summed E-state index contributed by atoms with van der Waals surface area (Å²) in [5.41, 5.74) is 2.39. The Balaban J connectivity index is 1.46. The molecule has 1 fully saturated rings. The number of ether oxygens (including phenoxy) is 1. The highest BCUT2D eigenvalue weighted by Crippen LogP contribution is 2.14. The van der Waals surface area contributed by atoms with Gasteiger partial charge in [0.2, 0.25) is 0 Å². The number of hydrogen-bond donors (Lipinski definition) is 0. The van der Waals surface area contributed by atoms with Crippen LogP contribution in [-0.2, 0) is 6.54 Å². The van der Waals surface area contributed by atoms with Gasteiger partial charge in [-0.05, 0) is 54.4 Å². The van der Waals surface area contributed by atoms with E-state index in [1.807, 2.05) is 49.5 Å². The number of halogens is 1. The third-order valence-corrected chi connectivity index (χ3v) is 4.48. The summed E-state index contributed by atoms with van der Waals surface area (Å²) in [5.74, 6) is 0.899. The lowest BCUT2D eigenvalue weighted by atomic mass is 10.2. The van der Waals surface area contributed by atoms with Crippen LogP contribution >= 0.6 is 11.6 Å². The van der Waals surface area contributed by atoms with Gasteiger partial charge in [-0.3, -0.25) is 9.91 Å². The van der Waals surface area contributed by atoms with Crippen molar-refractivity contribution in [2.24, 2.45) is 5.10 Å². The van der Waals surface area contributed by atoms with Gasteiger partial charge in [0.25, 0.3) is 0 Å². The molecule has 1 aliphatic heterocycles. The van der Waals surface area contributed by atoms with Gasteiger partial charge in [-0.2, -0.15) is 5.10 Å². The summed E-state index contributed by atoms with van der Waals surface area (Å²) in [5, 5.41) is 7.53. The molecule has 0 bridgehead atoms. The van der Waals surface area contributed by atoms with E-state index < -0.39 is 0 Å². The fourth-order valence-electron chi connectivity index (χ4n) is 2.82. The van der Waals surface area contributed by atoms with Gasteiger partial charge >= 0.3 is 0 Å². The molecule has 3 rings (SSSR count). The first-order chi connectivity index (χ1) is 12.2.